The van der Waals surface area contributed by atoms with Gasteiger partial charge in [-0.1, -0.05) is 0 Å². The first-order chi connectivity index (χ1) is 10.6. The number of nitrogens with zero attached hydrogens (tertiary/aromatic N) is 3. The van der Waals surface area contributed by atoms with Gasteiger partial charge in [0.1, 0.15) is 11.5 Å². The average Bonchev–Trinajstić information content (AvgIpc) is 2.97. The first-order valence-corrected chi connectivity index (χ1v) is 6.53. The Balaban J connectivity index is 1.75. The molecule has 0 radical (unpaired) electrons. The second kappa shape index (κ2) is 5.72. The standard InChI is InChI=1S/C15H12FN5O/c1-9-6-18-13(8-17-9)14(22)21-15-19-7-12(20-15)10-2-4-11(16)5-3-10/h2-8H,1H3,(H2,19,20,21,22). The lowest BCUT2D eigenvalue weighted by Crippen LogP contribution is -2.15. The molecule has 3 rings (SSSR count). The minimum absolute atomic E-state index is 0.199. The maximum Gasteiger partial charge on any atom is 0.278 e. The van der Waals surface area contributed by atoms with Crippen molar-refractivity contribution in [3.05, 3.63) is 60.1 Å². The fourth-order valence-corrected chi connectivity index (χ4v) is 1.84. The fourth-order valence-electron chi connectivity index (χ4n) is 1.84. The Kier molecular flexibility index (Phi) is 3.61. The monoisotopic (exact) mass is 297 g/mol. The summed E-state index contributed by atoms with van der Waals surface area (Å²) in [4.78, 5) is 27.0. The van der Waals surface area contributed by atoms with Gasteiger partial charge < -0.3 is 4.98 Å². The maximum absolute atomic E-state index is 12.9. The summed E-state index contributed by atoms with van der Waals surface area (Å²) >= 11 is 0. The number of carbonyl (C=O) groups excluding carboxylic acids is 1. The van der Waals surface area contributed by atoms with Crippen molar-refractivity contribution in [1.29, 1.82) is 0 Å². The highest BCUT2D eigenvalue weighted by Crippen LogP contribution is 2.18. The van der Waals surface area contributed by atoms with Gasteiger partial charge in [-0.3, -0.25) is 15.1 Å². The van der Waals surface area contributed by atoms with E-state index in [1.807, 2.05) is 0 Å². The lowest BCUT2D eigenvalue weighted by atomic mass is 10.2. The normalized spacial score (nSPS) is 10.5. The molecule has 0 aliphatic carbocycles. The third kappa shape index (κ3) is 2.98. The van der Waals surface area contributed by atoms with Crippen molar-refractivity contribution >= 4 is 11.9 Å². The molecule has 2 heterocycles. The molecular weight excluding hydrogens is 285 g/mol. The summed E-state index contributed by atoms with van der Waals surface area (Å²) in [6.45, 7) is 1.79. The van der Waals surface area contributed by atoms with Gasteiger partial charge in [0.05, 0.1) is 23.8 Å². The van der Waals surface area contributed by atoms with E-state index in [1.165, 1.54) is 24.5 Å². The van der Waals surface area contributed by atoms with Crippen LogP contribution in [0.1, 0.15) is 16.2 Å². The van der Waals surface area contributed by atoms with E-state index in [0.29, 0.717) is 5.69 Å². The summed E-state index contributed by atoms with van der Waals surface area (Å²) in [6, 6.07) is 5.96. The van der Waals surface area contributed by atoms with Crippen LogP contribution in [0.3, 0.4) is 0 Å². The molecule has 0 aliphatic heterocycles. The van der Waals surface area contributed by atoms with E-state index in [1.54, 1.807) is 25.3 Å². The van der Waals surface area contributed by atoms with Gasteiger partial charge in [-0.25, -0.2) is 14.4 Å². The number of aromatic nitrogens is 4. The van der Waals surface area contributed by atoms with Gasteiger partial charge in [0, 0.05) is 6.20 Å². The molecule has 0 atom stereocenters. The predicted molar refractivity (Wildman–Crippen MR) is 78.7 cm³/mol. The van der Waals surface area contributed by atoms with Crippen LogP contribution in [0.15, 0.2) is 42.9 Å². The zero-order chi connectivity index (χ0) is 15.5. The van der Waals surface area contributed by atoms with Crippen LogP contribution in [-0.2, 0) is 0 Å². The molecule has 2 aromatic heterocycles. The van der Waals surface area contributed by atoms with Crippen LogP contribution in [0.5, 0.6) is 0 Å². The van der Waals surface area contributed by atoms with Gasteiger partial charge in [-0.15, -0.1) is 0 Å². The van der Waals surface area contributed by atoms with Crippen molar-refractivity contribution in [1.82, 2.24) is 19.9 Å². The highest BCUT2D eigenvalue weighted by molar-refractivity contribution is 6.01. The minimum Gasteiger partial charge on any atom is -0.324 e. The van der Waals surface area contributed by atoms with Crippen LogP contribution < -0.4 is 5.32 Å². The van der Waals surface area contributed by atoms with E-state index in [0.717, 1.165) is 11.3 Å². The molecule has 0 aliphatic rings. The number of imidazole rings is 1. The van der Waals surface area contributed by atoms with Crippen LogP contribution in [0.2, 0.25) is 0 Å². The molecule has 2 N–H and O–H groups in total. The average molecular weight is 297 g/mol. The Morgan fingerprint density at radius 2 is 1.86 bits per heavy atom. The molecule has 0 unspecified atom stereocenters. The van der Waals surface area contributed by atoms with E-state index in [2.05, 4.69) is 25.3 Å². The number of aryl methyl sites for hydroxylation is 1. The van der Waals surface area contributed by atoms with E-state index in [4.69, 9.17) is 0 Å². The molecule has 0 bridgehead atoms. The first kappa shape index (κ1) is 13.9. The minimum atomic E-state index is -0.410. The van der Waals surface area contributed by atoms with Gasteiger partial charge >= 0.3 is 0 Å². The fraction of sp³-hybridized carbons (Fsp3) is 0.0667. The third-order valence-corrected chi connectivity index (χ3v) is 2.98. The molecule has 1 amide bonds. The van der Waals surface area contributed by atoms with Crippen molar-refractivity contribution < 1.29 is 9.18 Å². The van der Waals surface area contributed by atoms with Gasteiger partial charge in [0.2, 0.25) is 5.95 Å². The van der Waals surface area contributed by atoms with Crippen molar-refractivity contribution in [3.8, 4) is 11.3 Å². The largest absolute Gasteiger partial charge is 0.324 e. The zero-order valence-electron chi connectivity index (χ0n) is 11.7. The van der Waals surface area contributed by atoms with E-state index >= 15 is 0 Å². The summed E-state index contributed by atoms with van der Waals surface area (Å²) in [5.74, 6) is -0.436. The van der Waals surface area contributed by atoms with Crippen LogP contribution in [0.4, 0.5) is 10.3 Å². The lowest BCUT2D eigenvalue weighted by Gasteiger charge is -2.01. The molecule has 3 aromatic rings. The van der Waals surface area contributed by atoms with Gasteiger partial charge in [0.15, 0.2) is 0 Å². The molecule has 110 valence electrons. The topological polar surface area (TPSA) is 83.6 Å². The van der Waals surface area contributed by atoms with E-state index in [9.17, 15) is 9.18 Å². The number of anilines is 1. The van der Waals surface area contributed by atoms with Crippen LogP contribution in [0.25, 0.3) is 11.3 Å². The Bertz CT molecular complexity index is 796. The number of benzene rings is 1. The van der Waals surface area contributed by atoms with Gasteiger partial charge in [-0.2, -0.15) is 0 Å². The summed E-state index contributed by atoms with van der Waals surface area (Å²) in [5, 5.41) is 2.60. The summed E-state index contributed by atoms with van der Waals surface area (Å²) in [6.07, 6.45) is 4.47. The Labute approximate surface area is 125 Å². The summed E-state index contributed by atoms with van der Waals surface area (Å²) in [7, 11) is 0. The Morgan fingerprint density at radius 1 is 1.09 bits per heavy atom. The smallest absolute Gasteiger partial charge is 0.278 e. The highest BCUT2D eigenvalue weighted by Gasteiger charge is 2.10. The number of halogens is 1. The van der Waals surface area contributed by atoms with Crippen molar-refractivity contribution in [2.24, 2.45) is 0 Å². The molecule has 0 saturated carbocycles. The van der Waals surface area contributed by atoms with Gasteiger partial charge in [0.25, 0.3) is 5.91 Å². The lowest BCUT2D eigenvalue weighted by molar-refractivity contribution is 0.102. The maximum atomic E-state index is 12.9. The zero-order valence-corrected chi connectivity index (χ0v) is 11.7. The second-order valence-corrected chi connectivity index (χ2v) is 4.65. The second-order valence-electron chi connectivity index (χ2n) is 4.65. The first-order valence-electron chi connectivity index (χ1n) is 6.53. The van der Waals surface area contributed by atoms with Crippen LogP contribution in [-0.4, -0.2) is 25.8 Å². The van der Waals surface area contributed by atoms with Crippen molar-refractivity contribution in [2.45, 2.75) is 6.92 Å². The molecular formula is C15H12FN5O. The summed E-state index contributed by atoms with van der Waals surface area (Å²) < 4.78 is 12.9. The number of hydrogen-bond donors (Lipinski definition) is 2. The quantitative estimate of drug-likeness (QED) is 0.778. The SMILES string of the molecule is Cc1cnc(C(=O)Nc2ncc(-c3ccc(F)cc3)[nH]2)cn1. The molecule has 7 heteroatoms. The molecule has 1 aromatic carbocycles. The Morgan fingerprint density at radius 3 is 2.55 bits per heavy atom. The number of H-pyrrole nitrogens is 1. The molecule has 22 heavy (non-hydrogen) atoms. The molecule has 0 fully saturated rings. The predicted octanol–water partition coefficient (Wildman–Crippen LogP) is 2.57. The molecule has 6 nitrogen and oxygen atoms in total. The number of amides is 1. The van der Waals surface area contributed by atoms with E-state index in [-0.39, 0.29) is 17.5 Å². The number of nitrogens with one attached hydrogen (secondary N) is 2. The summed E-state index contributed by atoms with van der Waals surface area (Å²) in [5.41, 5.74) is 2.37. The van der Waals surface area contributed by atoms with Crippen molar-refractivity contribution in [2.75, 3.05) is 5.32 Å². The van der Waals surface area contributed by atoms with Gasteiger partial charge in [-0.05, 0) is 36.8 Å². The number of hydrogen-bond acceptors (Lipinski definition) is 4. The third-order valence-electron chi connectivity index (χ3n) is 2.98. The number of aromatic amines is 1. The number of rotatable bonds is 3. The highest BCUT2D eigenvalue weighted by atomic mass is 19.1. The van der Waals surface area contributed by atoms with Crippen molar-refractivity contribution in [3.63, 3.8) is 0 Å². The van der Waals surface area contributed by atoms with Crippen LogP contribution >= 0.6 is 0 Å². The Hall–Kier alpha value is -3.09. The van der Waals surface area contributed by atoms with E-state index < -0.39 is 5.91 Å². The molecule has 0 saturated heterocycles. The number of carbonyl (C=O) groups is 1. The van der Waals surface area contributed by atoms with Crippen LogP contribution in [0, 0.1) is 12.7 Å². The molecule has 0 spiro atoms.